The summed E-state index contributed by atoms with van der Waals surface area (Å²) in [5, 5.41) is 3.44. The quantitative estimate of drug-likeness (QED) is 0.478. The number of halogens is 1. The van der Waals surface area contributed by atoms with E-state index >= 15 is 0 Å². The molecule has 0 aliphatic carbocycles. The van der Waals surface area contributed by atoms with Crippen LogP contribution >= 0.6 is 11.6 Å². The van der Waals surface area contributed by atoms with Gasteiger partial charge in [-0.25, -0.2) is 9.78 Å². The summed E-state index contributed by atoms with van der Waals surface area (Å²) in [7, 11) is 1.85. The van der Waals surface area contributed by atoms with Crippen molar-refractivity contribution in [2.75, 3.05) is 6.61 Å². The summed E-state index contributed by atoms with van der Waals surface area (Å²) < 4.78 is 6.87. The summed E-state index contributed by atoms with van der Waals surface area (Å²) in [6.07, 6.45) is 6.30. The highest BCUT2D eigenvalue weighted by molar-refractivity contribution is 6.30. The molecule has 29 heavy (non-hydrogen) atoms. The van der Waals surface area contributed by atoms with Crippen LogP contribution in [0.5, 0.6) is 0 Å². The van der Waals surface area contributed by atoms with E-state index in [1.54, 1.807) is 42.7 Å². The molecule has 0 radical (unpaired) electrons. The molecule has 0 fully saturated rings. The zero-order chi connectivity index (χ0) is 20.6. The summed E-state index contributed by atoms with van der Waals surface area (Å²) >= 11 is 5.91. The Morgan fingerprint density at radius 1 is 1.21 bits per heavy atom. The minimum atomic E-state index is -0.617. The van der Waals surface area contributed by atoms with Gasteiger partial charge in [-0.3, -0.25) is 4.79 Å². The lowest BCUT2D eigenvalue weighted by Crippen LogP contribution is -2.34. The number of esters is 1. The standard InChI is InChI=1S/C22H20ClN3O3/c1-26-13-12-24-22(26)21(17-7-3-2-4-8-17)25-19(27)15-29-20(28)11-10-16-6-5-9-18(23)14-16/h2-14,21H,15H2,1H3,(H,25,27)/b11-10+. The fourth-order valence-electron chi connectivity index (χ4n) is 2.76. The molecule has 0 saturated heterocycles. The van der Waals surface area contributed by atoms with Crippen molar-refractivity contribution in [3.8, 4) is 0 Å². The maximum Gasteiger partial charge on any atom is 0.331 e. The maximum absolute atomic E-state index is 12.4. The number of carbonyl (C=O) groups is 2. The molecule has 1 unspecified atom stereocenters. The third kappa shape index (κ3) is 5.80. The zero-order valence-electron chi connectivity index (χ0n) is 15.8. The first-order valence-corrected chi connectivity index (χ1v) is 9.32. The van der Waals surface area contributed by atoms with Crippen molar-refractivity contribution in [3.63, 3.8) is 0 Å². The topological polar surface area (TPSA) is 73.2 Å². The Balaban J connectivity index is 1.60. The molecule has 1 amide bonds. The lowest BCUT2D eigenvalue weighted by molar-refractivity contribution is -0.143. The Bertz CT molecular complexity index is 1010. The Hall–Kier alpha value is -3.38. The number of amides is 1. The van der Waals surface area contributed by atoms with Crippen molar-refractivity contribution in [1.29, 1.82) is 0 Å². The number of aromatic nitrogens is 2. The number of nitrogens with one attached hydrogen (secondary N) is 1. The highest BCUT2D eigenvalue weighted by Crippen LogP contribution is 2.20. The van der Waals surface area contributed by atoms with Crippen molar-refractivity contribution in [2.24, 2.45) is 7.05 Å². The van der Waals surface area contributed by atoms with Gasteiger partial charge in [0.2, 0.25) is 0 Å². The molecule has 0 saturated carbocycles. The largest absolute Gasteiger partial charge is 0.452 e. The lowest BCUT2D eigenvalue weighted by Gasteiger charge is -2.19. The van der Waals surface area contributed by atoms with Crippen LogP contribution < -0.4 is 5.32 Å². The van der Waals surface area contributed by atoms with E-state index in [0.29, 0.717) is 10.8 Å². The Morgan fingerprint density at radius 2 is 2.00 bits per heavy atom. The van der Waals surface area contributed by atoms with Crippen LogP contribution in [0.4, 0.5) is 0 Å². The second-order valence-corrected chi connectivity index (χ2v) is 6.74. The summed E-state index contributed by atoms with van der Waals surface area (Å²) in [6, 6.07) is 16.1. The zero-order valence-corrected chi connectivity index (χ0v) is 16.5. The van der Waals surface area contributed by atoms with Crippen LogP contribution in [0.3, 0.4) is 0 Å². The van der Waals surface area contributed by atoms with Crippen LogP contribution in [0, 0.1) is 0 Å². The van der Waals surface area contributed by atoms with Gasteiger partial charge in [0, 0.05) is 30.5 Å². The molecule has 0 aliphatic rings. The van der Waals surface area contributed by atoms with Crippen LogP contribution in [0.1, 0.15) is 23.0 Å². The highest BCUT2D eigenvalue weighted by Gasteiger charge is 2.20. The molecule has 1 atom stereocenters. The van der Waals surface area contributed by atoms with Gasteiger partial charge < -0.3 is 14.6 Å². The average molecular weight is 410 g/mol. The number of carbonyl (C=O) groups excluding carboxylic acids is 2. The monoisotopic (exact) mass is 409 g/mol. The predicted molar refractivity (Wildman–Crippen MR) is 111 cm³/mol. The van der Waals surface area contributed by atoms with Gasteiger partial charge >= 0.3 is 5.97 Å². The molecule has 0 aliphatic heterocycles. The van der Waals surface area contributed by atoms with Crippen LogP contribution in [-0.4, -0.2) is 28.0 Å². The second kappa shape index (κ2) is 9.71. The van der Waals surface area contributed by atoms with E-state index in [0.717, 1.165) is 11.1 Å². The molecular weight excluding hydrogens is 390 g/mol. The first-order chi connectivity index (χ1) is 14.0. The normalized spacial score (nSPS) is 11.9. The number of hydrogen-bond donors (Lipinski definition) is 1. The Kier molecular flexibility index (Phi) is 6.81. The second-order valence-electron chi connectivity index (χ2n) is 6.30. The summed E-state index contributed by atoms with van der Waals surface area (Å²) in [6.45, 7) is -0.396. The number of nitrogens with zero attached hydrogens (tertiary/aromatic N) is 2. The van der Waals surface area contributed by atoms with Crippen molar-refractivity contribution < 1.29 is 14.3 Å². The molecule has 1 heterocycles. The van der Waals surface area contributed by atoms with E-state index in [4.69, 9.17) is 16.3 Å². The van der Waals surface area contributed by atoms with Gasteiger partial charge in [-0.05, 0) is 29.3 Å². The third-order valence-corrected chi connectivity index (χ3v) is 4.40. The van der Waals surface area contributed by atoms with Gasteiger partial charge in [0.05, 0.1) is 0 Å². The summed E-state index contributed by atoms with van der Waals surface area (Å²) in [5.41, 5.74) is 1.64. The van der Waals surface area contributed by atoms with E-state index in [-0.39, 0.29) is 0 Å². The van der Waals surface area contributed by atoms with Crippen molar-refractivity contribution in [2.45, 2.75) is 6.04 Å². The fraction of sp³-hybridized carbons (Fsp3) is 0.136. The first kappa shape index (κ1) is 20.4. The minimum absolute atomic E-state index is 0.396. The van der Waals surface area contributed by atoms with E-state index < -0.39 is 24.5 Å². The minimum Gasteiger partial charge on any atom is -0.452 e. The van der Waals surface area contributed by atoms with Crippen molar-refractivity contribution in [1.82, 2.24) is 14.9 Å². The third-order valence-electron chi connectivity index (χ3n) is 4.16. The van der Waals surface area contributed by atoms with Gasteiger partial charge in [-0.2, -0.15) is 0 Å². The van der Waals surface area contributed by atoms with Gasteiger partial charge in [-0.1, -0.05) is 54.1 Å². The van der Waals surface area contributed by atoms with Gasteiger partial charge in [0.25, 0.3) is 5.91 Å². The van der Waals surface area contributed by atoms with Crippen LogP contribution in [0.15, 0.2) is 73.1 Å². The van der Waals surface area contributed by atoms with E-state index in [1.165, 1.54) is 6.08 Å². The molecule has 7 heteroatoms. The molecule has 0 spiro atoms. The van der Waals surface area contributed by atoms with Gasteiger partial charge in [-0.15, -0.1) is 0 Å². The molecule has 0 bridgehead atoms. The molecule has 2 aromatic carbocycles. The molecular formula is C22H20ClN3O3. The molecule has 3 rings (SSSR count). The fourth-order valence-corrected chi connectivity index (χ4v) is 2.96. The molecule has 1 aromatic heterocycles. The highest BCUT2D eigenvalue weighted by atomic mass is 35.5. The van der Waals surface area contributed by atoms with E-state index in [2.05, 4.69) is 10.3 Å². The lowest BCUT2D eigenvalue weighted by atomic mass is 10.1. The van der Waals surface area contributed by atoms with Crippen LogP contribution in [-0.2, 0) is 21.4 Å². The number of benzene rings is 2. The number of rotatable bonds is 7. The first-order valence-electron chi connectivity index (χ1n) is 8.95. The average Bonchev–Trinajstić information content (AvgIpc) is 3.15. The number of ether oxygens (including phenoxy) is 1. The number of aryl methyl sites for hydroxylation is 1. The molecule has 6 nitrogen and oxygen atoms in total. The summed E-state index contributed by atoms with van der Waals surface area (Å²) in [4.78, 5) is 28.6. The maximum atomic E-state index is 12.4. The van der Waals surface area contributed by atoms with Crippen LogP contribution in [0.25, 0.3) is 6.08 Å². The predicted octanol–water partition coefficient (Wildman–Crippen LogP) is 3.54. The Morgan fingerprint density at radius 3 is 2.69 bits per heavy atom. The van der Waals surface area contributed by atoms with Crippen LogP contribution in [0.2, 0.25) is 5.02 Å². The van der Waals surface area contributed by atoms with E-state index in [1.807, 2.05) is 41.9 Å². The summed E-state index contributed by atoms with van der Waals surface area (Å²) in [5.74, 6) is -0.364. The van der Waals surface area contributed by atoms with Crippen molar-refractivity contribution in [3.05, 3.63) is 95.0 Å². The number of hydrogen-bond acceptors (Lipinski definition) is 4. The van der Waals surface area contributed by atoms with Gasteiger partial charge in [0.15, 0.2) is 6.61 Å². The van der Waals surface area contributed by atoms with E-state index in [9.17, 15) is 9.59 Å². The number of imidazole rings is 1. The van der Waals surface area contributed by atoms with Gasteiger partial charge in [0.1, 0.15) is 11.9 Å². The molecule has 1 N–H and O–H groups in total. The molecule has 148 valence electrons. The smallest absolute Gasteiger partial charge is 0.331 e. The molecule has 3 aromatic rings. The Labute approximate surface area is 173 Å². The van der Waals surface area contributed by atoms with Crippen molar-refractivity contribution >= 4 is 29.6 Å². The SMILES string of the molecule is Cn1ccnc1C(NC(=O)COC(=O)/C=C/c1cccc(Cl)c1)c1ccccc1.